The normalized spacial score (nSPS) is 14.2. The van der Waals surface area contributed by atoms with Crippen molar-refractivity contribution in [2.45, 2.75) is 6.04 Å². The summed E-state index contributed by atoms with van der Waals surface area (Å²) in [5.74, 6) is 0. The molecule has 0 bridgehead atoms. The van der Waals surface area contributed by atoms with Crippen LogP contribution in [-0.2, 0) is 0 Å². The van der Waals surface area contributed by atoms with Crippen molar-refractivity contribution in [1.29, 1.82) is 0 Å². The van der Waals surface area contributed by atoms with Gasteiger partial charge in [0.1, 0.15) is 0 Å². The van der Waals surface area contributed by atoms with E-state index in [4.69, 9.17) is 0 Å². The zero-order valence-electron chi connectivity index (χ0n) is 19.2. The first-order valence-corrected chi connectivity index (χ1v) is 11.8. The second-order valence-electron chi connectivity index (χ2n) is 8.54. The Labute approximate surface area is 201 Å². The first-order valence-electron chi connectivity index (χ1n) is 11.8. The zero-order valence-corrected chi connectivity index (χ0v) is 19.2. The third kappa shape index (κ3) is 4.73. The number of amides is 2. The Kier molecular flexibility index (Phi) is 6.68. The summed E-state index contributed by atoms with van der Waals surface area (Å²) in [5.41, 5.74) is 4.33. The average Bonchev–Trinajstić information content (AvgIpc) is 2.92. The number of hydrogen-bond donors (Lipinski definition) is 0. The number of benzene rings is 4. The van der Waals surface area contributed by atoms with Gasteiger partial charge >= 0.3 is 6.03 Å². The molecule has 1 aliphatic rings. The lowest BCUT2D eigenvalue weighted by molar-refractivity contribution is 0.124. The molecule has 0 spiro atoms. The standard InChI is InChI=1S/C30H29N3O/c34-30(33(27-17-9-3-10-18-27)28-19-11-4-12-20-28)32-23-21-31(22-24-32)29(25-13-5-1-6-14-25)26-15-7-2-8-16-26/h1-20,29H,21-24H2. The van der Waals surface area contributed by atoms with E-state index in [1.807, 2.05) is 70.5 Å². The van der Waals surface area contributed by atoms with Crippen molar-refractivity contribution >= 4 is 17.4 Å². The van der Waals surface area contributed by atoms with Crippen molar-refractivity contribution in [3.05, 3.63) is 132 Å². The first kappa shape index (κ1) is 21.9. The van der Waals surface area contributed by atoms with Crippen LogP contribution in [0.2, 0.25) is 0 Å². The quantitative estimate of drug-likeness (QED) is 0.356. The minimum Gasteiger partial charge on any atom is -0.321 e. The smallest absolute Gasteiger partial charge is 0.321 e. The van der Waals surface area contributed by atoms with Crippen LogP contribution >= 0.6 is 0 Å². The molecule has 0 atom stereocenters. The first-order chi connectivity index (χ1) is 16.8. The summed E-state index contributed by atoms with van der Waals surface area (Å²) in [6, 6.07) is 41.3. The fourth-order valence-electron chi connectivity index (χ4n) is 4.72. The molecule has 4 nitrogen and oxygen atoms in total. The van der Waals surface area contributed by atoms with Crippen molar-refractivity contribution in [2.75, 3.05) is 31.1 Å². The van der Waals surface area contributed by atoms with Crippen LogP contribution in [0.5, 0.6) is 0 Å². The highest BCUT2D eigenvalue weighted by Crippen LogP contribution is 2.31. The van der Waals surface area contributed by atoms with E-state index >= 15 is 0 Å². The number of anilines is 2. The summed E-state index contributed by atoms with van der Waals surface area (Å²) in [4.78, 5) is 20.0. The number of para-hydroxylation sites is 2. The molecule has 2 amide bonds. The highest BCUT2D eigenvalue weighted by atomic mass is 16.2. The number of carbonyl (C=O) groups excluding carboxylic acids is 1. The van der Waals surface area contributed by atoms with Crippen LogP contribution in [0.1, 0.15) is 17.2 Å². The molecule has 34 heavy (non-hydrogen) atoms. The fraction of sp³-hybridized carbons (Fsp3) is 0.167. The second kappa shape index (κ2) is 10.4. The molecule has 4 aromatic carbocycles. The van der Waals surface area contributed by atoms with E-state index in [1.165, 1.54) is 11.1 Å². The predicted octanol–water partition coefficient (Wildman–Crippen LogP) is 6.35. The molecule has 0 radical (unpaired) electrons. The van der Waals surface area contributed by atoms with Gasteiger partial charge in [-0.3, -0.25) is 9.80 Å². The van der Waals surface area contributed by atoms with Gasteiger partial charge in [-0.1, -0.05) is 97.1 Å². The number of carbonyl (C=O) groups is 1. The SMILES string of the molecule is O=C(N1CCN(C(c2ccccc2)c2ccccc2)CC1)N(c1ccccc1)c1ccccc1. The molecular weight excluding hydrogens is 418 g/mol. The van der Waals surface area contributed by atoms with Crippen molar-refractivity contribution in [1.82, 2.24) is 9.80 Å². The minimum atomic E-state index is 0.0213. The highest BCUT2D eigenvalue weighted by molar-refractivity contribution is 5.99. The molecule has 1 saturated heterocycles. The van der Waals surface area contributed by atoms with Crippen LogP contribution in [-0.4, -0.2) is 42.0 Å². The monoisotopic (exact) mass is 447 g/mol. The lowest BCUT2D eigenvalue weighted by atomic mass is 9.96. The molecule has 0 aliphatic carbocycles. The van der Waals surface area contributed by atoms with E-state index in [1.54, 1.807) is 0 Å². The van der Waals surface area contributed by atoms with E-state index < -0.39 is 0 Å². The summed E-state index contributed by atoms with van der Waals surface area (Å²) in [6.45, 7) is 3.01. The van der Waals surface area contributed by atoms with E-state index in [2.05, 4.69) is 65.6 Å². The molecule has 5 rings (SSSR count). The van der Waals surface area contributed by atoms with Gasteiger partial charge in [0, 0.05) is 26.2 Å². The van der Waals surface area contributed by atoms with Gasteiger partial charge in [0.2, 0.25) is 0 Å². The summed E-state index contributed by atoms with van der Waals surface area (Å²) >= 11 is 0. The Morgan fingerprint density at radius 2 is 0.941 bits per heavy atom. The molecule has 170 valence electrons. The molecule has 1 heterocycles. The van der Waals surface area contributed by atoms with Crippen LogP contribution in [0, 0.1) is 0 Å². The average molecular weight is 448 g/mol. The van der Waals surface area contributed by atoms with Crippen molar-refractivity contribution in [3.8, 4) is 0 Å². The maximum Gasteiger partial charge on any atom is 0.329 e. The maximum absolute atomic E-state index is 13.7. The van der Waals surface area contributed by atoms with Gasteiger partial charge in [-0.2, -0.15) is 0 Å². The molecule has 0 unspecified atom stereocenters. The molecule has 0 N–H and O–H groups in total. The van der Waals surface area contributed by atoms with Crippen LogP contribution in [0.4, 0.5) is 16.2 Å². The Hall–Kier alpha value is -3.89. The number of rotatable bonds is 5. The second-order valence-corrected chi connectivity index (χ2v) is 8.54. The molecule has 0 saturated carbocycles. The zero-order chi connectivity index (χ0) is 23.2. The summed E-state index contributed by atoms with van der Waals surface area (Å²) in [6.07, 6.45) is 0. The lowest BCUT2D eigenvalue weighted by Crippen LogP contribution is -2.52. The topological polar surface area (TPSA) is 26.8 Å². The van der Waals surface area contributed by atoms with Gasteiger partial charge in [0.15, 0.2) is 0 Å². The van der Waals surface area contributed by atoms with Gasteiger partial charge in [0.05, 0.1) is 17.4 Å². The molecule has 4 aromatic rings. The van der Waals surface area contributed by atoms with E-state index in [-0.39, 0.29) is 12.1 Å². The Balaban J connectivity index is 1.37. The van der Waals surface area contributed by atoms with Gasteiger partial charge < -0.3 is 4.90 Å². The third-order valence-corrected chi connectivity index (χ3v) is 6.40. The molecule has 1 fully saturated rings. The van der Waals surface area contributed by atoms with Crippen LogP contribution in [0.3, 0.4) is 0 Å². The van der Waals surface area contributed by atoms with Crippen molar-refractivity contribution in [2.24, 2.45) is 0 Å². The van der Waals surface area contributed by atoms with Crippen LogP contribution < -0.4 is 4.90 Å². The fourth-order valence-corrected chi connectivity index (χ4v) is 4.72. The number of urea groups is 1. The molecule has 4 heteroatoms. The maximum atomic E-state index is 13.7. The number of hydrogen-bond acceptors (Lipinski definition) is 2. The highest BCUT2D eigenvalue weighted by Gasteiger charge is 2.31. The predicted molar refractivity (Wildman–Crippen MR) is 138 cm³/mol. The Bertz CT molecular complexity index is 1100. The lowest BCUT2D eigenvalue weighted by Gasteiger charge is -2.41. The largest absolute Gasteiger partial charge is 0.329 e. The molecule has 1 aliphatic heterocycles. The minimum absolute atomic E-state index is 0.0213. The van der Waals surface area contributed by atoms with Crippen molar-refractivity contribution < 1.29 is 4.79 Å². The van der Waals surface area contributed by atoms with E-state index in [9.17, 15) is 4.79 Å². The number of nitrogens with zero attached hydrogens (tertiary/aromatic N) is 3. The van der Waals surface area contributed by atoms with Gasteiger partial charge in [0.25, 0.3) is 0 Å². The van der Waals surface area contributed by atoms with Crippen LogP contribution in [0.25, 0.3) is 0 Å². The molecule has 0 aromatic heterocycles. The van der Waals surface area contributed by atoms with Gasteiger partial charge in [-0.15, -0.1) is 0 Å². The Morgan fingerprint density at radius 3 is 1.35 bits per heavy atom. The molecular formula is C30H29N3O. The number of piperazine rings is 1. The van der Waals surface area contributed by atoms with Crippen LogP contribution in [0.15, 0.2) is 121 Å². The van der Waals surface area contributed by atoms with Gasteiger partial charge in [-0.25, -0.2) is 4.79 Å². The summed E-state index contributed by atoms with van der Waals surface area (Å²) < 4.78 is 0. The van der Waals surface area contributed by atoms with Crippen molar-refractivity contribution in [3.63, 3.8) is 0 Å². The van der Waals surface area contributed by atoms with E-state index in [0.29, 0.717) is 13.1 Å². The summed E-state index contributed by atoms with van der Waals surface area (Å²) in [7, 11) is 0. The summed E-state index contributed by atoms with van der Waals surface area (Å²) in [5, 5.41) is 0. The van der Waals surface area contributed by atoms with Gasteiger partial charge in [-0.05, 0) is 35.4 Å². The third-order valence-electron chi connectivity index (χ3n) is 6.40. The Morgan fingerprint density at radius 1 is 0.559 bits per heavy atom. The van der Waals surface area contributed by atoms with E-state index in [0.717, 1.165) is 24.5 Å².